The van der Waals surface area contributed by atoms with Gasteiger partial charge < -0.3 is 5.32 Å². The number of halogens is 4. The molecule has 1 atom stereocenters. The van der Waals surface area contributed by atoms with Crippen LogP contribution in [0.2, 0.25) is 15.1 Å². The van der Waals surface area contributed by atoms with Crippen LogP contribution in [0, 0.1) is 0 Å². The van der Waals surface area contributed by atoms with Crippen LogP contribution in [-0.4, -0.2) is 15.7 Å². The summed E-state index contributed by atoms with van der Waals surface area (Å²) in [5, 5.41) is 5.08. The lowest BCUT2D eigenvalue weighted by atomic mass is 10.1. The second kappa shape index (κ2) is 9.39. The SMILES string of the molecule is O=C(Nc1ncc(Cc2cccc(Cl)c2Cl)s1)[C@@H](Br)Cc1ccccc1Cl. The summed E-state index contributed by atoms with van der Waals surface area (Å²) in [6.07, 6.45) is 2.82. The second-order valence-electron chi connectivity index (χ2n) is 5.77. The summed E-state index contributed by atoms with van der Waals surface area (Å²) in [7, 11) is 0. The molecule has 2 aromatic carbocycles. The number of carbonyl (C=O) groups excluding carboxylic acids is 1. The van der Waals surface area contributed by atoms with Crippen molar-refractivity contribution in [1.82, 2.24) is 4.98 Å². The molecule has 3 nitrogen and oxygen atoms in total. The molecule has 140 valence electrons. The van der Waals surface area contributed by atoms with E-state index in [0.29, 0.717) is 33.0 Å². The second-order valence-corrected chi connectivity index (χ2v) is 9.19. The minimum absolute atomic E-state index is 0.170. The smallest absolute Gasteiger partial charge is 0.240 e. The molecule has 8 heteroatoms. The zero-order valence-electron chi connectivity index (χ0n) is 13.9. The molecule has 0 saturated carbocycles. The van der Waals surface area contributed by atoms with Crippen molar-refractivity contribution in [3.63, 3.8) is 0 Å². The Morgan fingerprint density at radius 3 is 2.56 bits per heavy atom. The minimum atomic E-state index is -0.410. The summed E-state index contributed by atoms with van der Waals surface area (Å²) in [4.78, 5) is 17.3. The van der Waals surface area contributed by atoms with Gasteiger partial charge in [-0.05, 0) is 29.7 Å². The van der Waals surface area contributed by atoms with Gasteiger partial charge in [-0.2, -0.15) is 0 Å². The highest BCUT2D eigenvalue weighted by Crippen LogP contribution is 2.30. The number of nitrogens with zero attached hydrogens (tertiary/aromatic N) is 1. The first-order valence-electron chi connectivity index (χ1n) is 8.00. The maximum absolute atomic E-state index is 12.4. The van der Waals surface area contributed by atoms with Crippen LogP contribution in [-0.2, 0) is 17.6 Å². The van der Waals surface area contributed by atoms with Gasteiger partial charge in [-0.1, -0.05) is 81.1 Å². The lowest BCUT2D eigenvalue weighted by Gasteiger charge is -2.10. The average molecular weight is 505 g/mol. The fourth-order valence-electron chi connectivity index (χ4n) is 2.45. The van der Waals surface area contributed by atoms with E-state index in [1.807, 2.05) is 36.4 Å². The zero-order chi connectivity index (χ0) is 19.4. The van der Waals surface area contributed by atoms with Gasteiger partial charge in [-0.25, -0.2) is 4.98 Å². The Hall–Kier alpha value is -1.11. The lowest BCUT2D eigenvalue weighted by Crippen LogP contribution is -2.24. The summed E-state index contributed by atoms with van der Waals surface area (Å²) in [5.74, 6) is -0.170. The van der Waals surface area contributed by atoms with Crippen molar-refractivity contribution in [2.75, 3.05) is 5.32 Å². The lowest BCUT2D eigenvalue weighted by molar-refractivity contribution is -0.115. The number of hydrogen-bond acceptors (Lipinski definition) is 3. The standard InChI is InChI=1S/C19H14BrCl3N2OS/c20-14(9-11-4-1-2-6-15(11)21)18(26)25-19-24-10-13(27-19)8-12-5-3-7-16(22)17(12)23/h1-7,10,14H,8-9H2,(H,24,25,26)/t14-/m0/s1. The third-order valence-electron chi connectivity index (χ3n) is 3.82. The summed E-state index contributed by atoms with van der Waals surface area (Å²) < 4.78 is 0. The van der Waals surface area contributed by atoms with E-state index in [9.17, 15) is 4.79 Å². The van der Waals surface area contributed by atoms with Gasteiger partial charge in [0.15, 0.2) is 5.13 Å². The third kappa shape index (κ3) is 5.46. The maximum Gasteiger partial charge on any atom is 0.240 e. The molecule has 1 heterocycles. The molecular weight excluding hydrogens is 491 g/mol. The molecule has 0 aliphatic rings. The molecule has 0 bridgehead atoms. The van der Waals surface area contributed by atoms with Crippen LogP contribution in [0.25, 0.3) is 0 Å². The fourth-order valence-corrected chi connectivity index (χ4v) is 4.35. The van der Waals surface area contributed by atoms with Crippen molar-refractivity contribution < 1.29 is 4.79 Å². The number of thiazole rings is 1. The van der Waals surface area contributed by atoms with Crippen LogP contribution >= 0.6 is 62.1 Å². The number of alkyl halides is 1. The first-order chi connectivity index (χ1) is 12.9. The van der Waals surface area contributed by atoms with Crippen LogP contribution in [0.1, 0.15) is 16.0 Å². The van der Waals surface area contributed by atoms with E-state index in [1.54, 1.807) is 12.3 Å². The van der Waals surface area contributed by atoms with Gasteiger partial charge in [-0.3, -0.25) is 4.79 Å². The van der Waals surface area contributed by atoms with E-state index in [2.05, 4.69) is 26.2 Å². The van der Waals surface area contributed by atoms with E-state index < -0.39 is 4.83 Å². The topological polar surface area (TPSA) is 42.0 Å². The molecular formula is C19H14BrCl3N2OS. The molecule has 1 aromatic heterocycles. The Morgan fingerprint density at radius 1 is 1.07 bits per heavy atom. The maximum atomic E-state index is 12.4. The molecule has 0 aliphatic heterocycles. The van der Waals surface area contributed by atoms with Gasteiger partial charge in [0.25, 0.3) is 0 Å². The van der Waals surface area contributed by atoms with Crippen molar-refractivity contribution in [1.29, 1.82) is 0 Å². The van der Waals surface area contributed by atoms with E-state index in [0.717, 1.165) is 16.0 Å². The third-order valence-corrected chi connectivity index (χ3v) is 6.70. The molecule has 27 heavy (non-hydrogen) atoms. The average Bonchev–Trinajstić information content (AvgIpc) is 3.08. The predicted octanol–water partition coefficient (Wildman–Crippen LogP) is 6.64. The summed E-state index contributed by atoms with van der Waals surface area (Å²) >= 11 is 23.3. The highest BCUT2D eigenvalue weighted by Gasteiger charge is 2.18. The molecule has 0 aliphatic carbocycles. The molecule has 1 amide bonds. The largest absolute Gasteiger partial charge is 0.301 e. The van der Waals surface area contributed by atoms with Crippen LogP contribution < -0.4 is 5.32 Å². The molecule has 3 aromatic rings. The van der Waals surface area contributed by atoms with E-state index >= 15 is 0 Å². The van der Waals surface area contributed by atoms with Gasteiger partial charge in [-0.15, -0.1) is 11.3 Å². The van der Waals surface area contributed by atoms with Gasteiger partial charge in [0, 0.05) is 22.5 Å². The molecule has 1 N–H and O–H groups in total. The van der Waals surface area contributed by atoms with E-state index in [-0.39, 0.29) is 5.91 Å². The molecule has 0 spiro atoms. The van der Waals surface area contributed by atoms with Crippen LogP contribution in [0.3, 0.4) is 0 Å². The van der Waals surface area contributed by atoms with E-state index in [4.69, 9.17) is 34.8 Å². The number of aromatic nitrogens is 1. The van der Waals surface area contributed by atoms with Gasteiger partial charge in [0.2, 0.25) is 5.91 Å². The first kappa shape index (κ1) is 20.6. The summed E-state index contributed by atoms with van der Waals surface area (Å²) in [6.45, 7) is 0. The molecule has 0 unspecified atom stereocenters. The Balaban J connectivity index is 1.62. The molecule has 3 rings (SSSR count). The summed E-state index contributed by atoms with van der Waals surface area (Å²) in [5.41, 5.74) is 1.83. The minimum Gasteiger partial charge on any atom is -0.301 e. The first-order valence-corrected chi connectivity index (χ1v) is 10.9. The number of benzene rings is 2. The van der Waals surface area contributed by atoms with Crippen molar-refractivity contribution >= 4 is 73.1 Å². The van der Waals surface area contributed by atoms with E-state index in [1.165, 1.54) is 11.3 Å². The van der Waals surface area contributed by atoms with Gasteiger partial charge in [0.1, 0.15) is 0 Å². The fraction of sp³-hybridized carbons (Fsp3) is 0.158. The van der Waals surface area contributed by atoms with Crippen molar-refractivity contribution in [2.24, 2.45) is 0 Å². The monoisotopic (exact) mass is 502 g/mol. The Kier molecular flexibility index (Phi) is 7.17. The number of hydrogen-bond donors (Lipinski definition) is 1. The molecule has 0 saturated heterocycles. The van der Waals surface area contributed by atoms with Crippen LogP contribution in [0.4, 0.5) is 5.13 Å². The van der Waals surface area contributed by atoms with Crippen LogP contribution in [0.5, 0.6) is 0 Å². The predicted molar refractivity (Wildman–Crippen MR) is 118 cm³/mol. The quantitative estimate of drug-likeness (QED) is 0.383. The highest BCUT2D eigenvalue weighted by molar-refractivity contribution is 9.10. The Morgan fingerprint density at radius 2 is 1.78 bits per heavy atom. The number of rotatable bonds is 6. The Labute approximate surface area is 184 Å². The zero-order valence-corrected chi connectivity index (χ0v) is 18.6. The Bertz CT molecular complexity index is 964. The highest BCUT2D eigenvalue weighted by atomic mass is 79.9. The van der Waals surface area contributed by atoms with Crippen molar-refractivity contribution in [2.45, 2.75) is 17.7 Å². The molecule has 0 radical (unpaired) electrons. The normalized spacial score (nSPS) is 12.0. The van der Waals surface area contributed by atoms with Gasteiger partial charge >= 0.3 is 0 Å². The molecule has 0 fully saturated rings. The number of nitrogens with one attached hydrogen (secondary N) is 1. The summed E-state index contributed by atoms with van der Waals surface area (Å²) in [6, 6.07) is 13.0. The van der Waals surface area contributed by atoms with Gasteiger partial charge in [0.05, 0.1) is 14.9 Å². The van der Waals surface area contributed by atoms with Crippen LogP contribution in [0.15, 0.2) is 48.7 Å². The van der Waals surface area contributed by atoms with Crippen molar-refractivity contribution in [3.8, 4) is 0 Å². The number of carbonyl (C=O) groups is 1. The number of anilines is 1. The van der Waals surface area contributed by atoms with Crippen molar-refractivity contribution in [3.05, 3.63) is 79.7 Å². The number of amides is 1.